The number of aromatic nitrogens is 4. The molecule has 7 heteroatoms. The molecule has 2 aromatic heterocycles. The van der Waals surface area contributed by atoms with Gasteiger partial charge in [-0.1, -0.05) is 12.8 Å². The van der Waals surface area contributed by atoms with Crippen LogP contribution in [0.3, 0.4) is 0 Å². The normalized spacial score (nSPS) is 20.6. The predicted molar refractivity (Wildman–Crippen MR) is 95.5 cm³/mol. The standard InChI is InChI=1S/C18H27N5O2/c1-12-9-10-15(21(12)2)17(24)19-14-8-6-5-7-13(14)11-16-20-23(4)18(25)22(16)3/h9-10,13-14H,5-8,11H2,1-4H3,(H,19,24)/t13-,14-/m1/s1. The lowest BCUT2D eigenvalue weighted by Gasteiger charge is -2.32. The molecule has 0 aliphatic heterocycles. The van der Waals surface area contributed by atoms with E-state index in [2.05, 4.69) is 10.4 Å². The maximum absolute atomic E-state index is 12.7. The molecule has 25 heavy (non-hydrogen) atoms. The van der Waals surface area contributed by atoms with Crippen LogP contribution in [-0.4, -0.2) is 30.9 Å². The third-order valence-corrected chi connectivity index (χ3v) is 5.49. The fourth-order valence-corrected chi connectivity index (χ4v) is 3.75. The van der Waals surface area contributed by atoms with Crippen LogP contribution in [0.15, 0.2) is 16.9 Å². The lowest BCUT2D eigenvalue weighted by Crippen LogP contribution is -2.43. The number of carbonyl (C=O) groups is 1. The maximum Gasteiger partial charge on any atom is 0.345 e. The van der Waals surface area contributed by atoms with E-state index in [0.717, 1.165) is 37.2 Å². The monoisotopic (exact) mass is 345 g/mol. The number of nitrogens with one attached hydrogen (secondary N) is 1. The van der Waals surface area contributed by atoms with Crippen molar-refractivity contribution in [3.63, 3.8) is 0 Å². The summed E-state index contributed by atoms with van der Waals surface area (Å²) in [6.45, 7) is 1.99. The average molecular weight is 345 g/mol. The molecule has 1 aliphatic carbocycles. The molecule has 2 heterocycles. The highest BCUT2D eigenvalue weighted by Crippen LogP contribution is 2.27. The molecule has 3 rings (SSSR count). The van der Waals surface area contributed by atoms with Crippen LogP contribution in [-0.2, 0) is 27.6 Å². The van der Waals surface area contributed by atoms with Crippen molar-refractivity contribution in [1.82, 2.24) is 24.2 Å². The minimum absolute atomic E-state index is 0.0255. The minimum Gasteiger partial charge on any atom is -0.348 e. The summed E-state index contributed by atoms with van der Waals surface area (Å²) in [6.07, 6.45) is 5.00. The molecule has 1 fully saturated rings. The van der Waals surface area contributed by atoms with Gasteiger partial charge in [0.15, 0.2) is 0 Å². The Hall–Kier alpha value is -2.31. The highest BCUT2D eigenvalue weighted by atomic mass is 16.2. The lowest BCUT2D eigenvalue weighted by atomic mass is 9.82. The van der Waals surface area contributed by atoms with Crippen LogP contribution in [0.2, 0.25) is 0 Å². The molecule has 0 saturated heterocycles. The number of hydrogen-bond acceptors (Lipinski definition) is 3. The summed E-state index contributed by atoms with van der Waals surface area (Å²) in [4.78, 5) is 24.6. The molecule has 2 aromatic rings. The highest BCUT2D eigenvalue weighted by molar-refractivity contribution is 5.93. The Balaban J connectivity index is 1.74. The number of nitrogens with zero attached hydrogens (tertiary/aromatic N) is 4. The Kier molecular flexibility index (Phi) is 4.83. The summed E-state index contributed by atoms with van der Waals surface area (Å²) in [6, 6.07) is 3.94. The molecule has 0 radical (unpaired) electrons. The van der Waals surface area contributed by atoms with E-state index in [1.807, 2.05) is 30.7 Å². The summed E-state index contributed by atoms with van der Waals surface area (Å²) in [5.74, 6) is 1.07. The molecule has 1 saturated carbocycles. The SMILES string of the molecule is Cc1ccc(C(=O)N[C@@H]2CCCC[C@@H]2Cc2nn(C)c(=O)n2C)n1C. The molecule has 0 aromatic carbocycles. The summed E-state index contributed by atoms with van der Waals surface area (Å²) in [5.41, 5.74) is 1.64. The third-order valence-electron chi connectivity index (χ3n) is 5.49. The lowest BCUT2D eigenvalue weighted by molar-refractivity contribution is 0.0896. The fourth-order valence-electron chi connectivity index (χ4n) is 3.75. The third kappa shape index (κ3) is 3.41. The summed E-state index contributed by atoms with van der Waals surface area (Å²) >= 11 is 0. The van der Waals surface area contributed by atoms with Gasteiger partial charge in [-0.2, -0.15) is 5.10 Å². The van der Waals surface area contributed by atoms with Crippen molar-refractivity contribution in [1.29, 1.82) is 0 Å². The van der Waals surface area contributed by atoms with Crippen LogP contribution in [0.4, 0.5) is 0 Å². The Morgan fingerprint density at radius 2 is 1.92 bits per heavy atom. The first-order chi connectivity index (χ1) is 11.9. The molecule has 0 spiro atoms. The van der Waals surface area contributed by atoms with Crippen LogP contribution < -0.4 is 11.0 Å². The number of rotatable bonds is 4. The Labute approximate surface area is 147 Å². The molecular formula is C18H27N5O2. The summed E-state index contributed by atoms with van der Waals surface area (Å²) in [5, 5.41) is 7.56. The Morgan fingerprint density at radius 1 is 1.20 bits per heavy atom. The van der Waals surface area contributed by atoms with E-state index in [4.69, 9.17) is 0 Å². The van der Waals surface area contributed by atoms with E-state index in [9.17, 15) is 9.59 Å². The van der Waals surface area contributed by atoms with Crippen LogP contribution in [0.25, 0.3) is 0 Å². The first-order valence-electron chi connectivity index (χ1n) is 8.90. The molecule has 136 valence electrons. The zero-order valence-corrected chi connectivity index (χ0v) is 15.5. The van der Waals surface area contributed by atoms with Gasteiger partial charge in [-0.15, -0.1) is 0 Å². The smallest absolute Gasteiger partial charge is 0.345 e. The van der Waals surface area contributed by atoms with E-state index >= 15 is 0 Å². The van der Waals surface area contributed by atoms with Crippen LogP contribution in [0.5, 0.6) is 0 Å². The van der Waals surface area contributed by atoms with Gasteiger partial charge in [0.2, 0.25) is 0 Å². The van der Waals surface area contributed by atoms with Crippen molar-refractivity contribution in [3.05, 3.63) is 39.8 Å². The van der Waals surface area contributed by atoms with Crippen molar-refractivity contribution in [2.45, 2.75) is 45.1 Å². The number of hydrogen-bond donors (Lipinski definition) is 1. The van der Waals surface area contributed by atoms with E-state index in [1.165, 1.54) is 4.68 Å². The van der Waals surface area contributed by atoms with Gasteiger partial charge in [0, 0.05) is 39.3 Å². The van der Waals surface area contributed by atoms with Gasteiger partial charge in [0.25, 0.3) is 5.91 Å². The first kappa shape index (κ1) is 17.5. The molecule has 0 bridgehead atoms. The average Bonchev–Trinajstić information content (AvgIpc) is 3.04. The number of amides is 1. The Bertz CT molecular complexity index is 829. The van der Waals surface area contributed by atoms with E-state index < -0.39 is 0 Å². The zero-order chi connectivity index (χ0) is 18.1. The summed E-state index contributed by atoms with van der Waals surface area (Å²) < 4.78 is 4.89. The van der Waals surface area contributed by atoms with Crippen molar-refractivity contribution >= 4 is 5.91 Å². The maximum atomic E-state index is 12.7. The van der Waals surface area contributed by atoms with E-state index in [1.54, 1.807) is 18.7 Å². The Morgan fingerprint density at radius 3 is 2.52 bits per heavy atom. The van der Waals surface area contributed by atoms with Gasteiger partial charge >= 0.3 is 5.69 Å². The van der Waals surface area contributed by atoms with Crippen LogP contribution >= 0.6 is 0 Å². The fraction of sp³-hybridized carbons (Fsp3) is 0.611. The van der Waals surface area contributed by atoms with Gasteiger partial charge in [-0.05, 0) is 37.8 Å². The molecule has 0 unspecified atom stereocenters. The number of carbonyl (C=O) groups excluding carboxylic acids is 1. The molecule has 1 N–H and O–H groups in total. The van der Waals surface area contributed by atoms with Gasteiger partial charge in [0.1, 0.15) is 11.5 Å². The van der Waals surface area contributed by atoms with Gasteiger partial charge in [0.05, 0.1) is 0 Å². The topological polar surface area (TPSA) is 73.8 Å². The second kappa shape index (κ2) is 6.90. The molecule has 1 amide bonds. The first-order valence-corrected chi connectivity index (χ1v) is 8.90. The summed E-state index contributed by atoms with van der Waals surface area (Å²) in [7, 11) is 5.34. The van der Waals surface area contributed by atoms with Gasteiger partial charge < -0.3 is 9.88 Å². The second-order valence-corrected chi connectivity index (χ2v) is 7.13. The zero-order valence-electron chi connectivity index (χ0n) is 15.5. The van der Waals surface area contributed by atoms with Crippen LogP contribution in [0, 0.1) is 12.8 Å². The van der Waals surface area contributed by atoms with Gasteiger partial charge in [-0.3, -0.25) is 9.36 Å². The largest absolute Gasteiger partial charge is 0.348 e. The second-order valence-electron chi connectivity index (χ2n) is 7.13. The van der Waals surface area contributed by atoms with E-state index in [0.29, 0.717) is 18.0 Å². The predicted octanol–water partition coefficient (Wildman–Crippen LogP) is 1.30. The quantitative estimate of drug-likeness (QED) is 0.908. The van der Waals surface area contributed by atoms with E-state index in [-0.39, 0.29) is 17.6 Å². The highest BCUT2D eigenvalue weighted by Gasteiger charge is 2.29. The van der Waals surface area contributed by atoms with Crippen molar-refractivity contribution in [2.75, 3.05) is 0 Å². The van der Waals surface area contributed by atoms with Gasteiger partial charge in [-0.25, -0.2) is 9.48 Å². The molecule has 2 atom stereocenters. The molecule has 1 aliphatic rings. The van der Waals surface area contributed by atoms with Crippen molar-refractivity contribution in [2.24, 2.45) is 27.1 Å². The molecule has 7 nitrogen and oxygen atoms in total. The van der Waals surface area contributed by atoms with Crippen molar-refractivity contribution < 1.29 is 4.79 Å². The number of aryl methyl sites for hydroxylation is 2. The van der Waals surface area contributed by atoms with Crippen molar-refractivity contribution in [3.8, 4) is 0 Å². The van der Waals surface area contributed by atoms with Crippen LogP contribution in [0.1, 0.15) is 47.7 Å². The minimum atomic E-state index is -0.106. The molecular weight excluding hydrogens is 318 g/mol.